The summed E-state index contributed by atoms with van der Waals surface area (Å²) >= 11 is 1.37. The van der Waals surface area contributed by atoms with E-state index in [1.165, 1.54) is 18.4 Å². The first-order valence-corrected chi connectivity index (χ1v) is 12.0. The van der Waals surface area contributed by atoms with Gasteiger partial charge in [-0.15, -0.1) is 11.3 Å². The minimum absolute atomic E-state index is 0.0120. The Morgan fingerprint density at radius 3 is 2.60 bits per heavy atom. The fourth-order valence-electron chi connectivity index (χ4n) is 3.90. The van der Waals surface area contributed by atoms with Crippen LogP contribution in [-0.4, -0.2) is 36.7 Å². The lowest BCUT2D eigenvalue weighted by Crippen LogP contribution is -2.22. The van der Waals surface area contributed by atoms with Crippen LogP contribution in [0.1, 0.15) is 49.8 Å². The smallest absolute Gasteiger partial charge is 0.341 e. The van der Waals surface area contributed by atoms with E-state index in [2.05, 4.69) is 10.5 Å². The largest absolute Gasteiger partial charge is 0.489 e. The first-order valence-electron chi connectivity index (χ1n) is 11.2. The van der Waals surface area contributed by atoms with E-state index >= 15 is 0 Å². The summed E-state index contributed by atoms with van der Waals surface area (Å²) in [5, 5.41) is 7.03. The Balaban J connectivity index is 1.26. The van der Waals surface area contributed by atoms with Crippen LogP contribution in [0.25, 0.3) is 0 Å². The van der Waals surface area contributed by atoms with Gasteiger partial charge in [-0.05, 0) is 56.4 Å². The third kappa shape index (κ3) is 5.71. The SMILES string of the molecule is COC(=O)c1c(NC(=O)COC(=O)Cc2ccc(OCc3c(C)noc3C)cc2)sc2c1CCC2. The molecule has 1 aromatic carbocycles. The number of hydrogen-bond acceptors (Lipinski definition) is 9. The molecule has 0 aliphatic heterocycles. The van der Waals surface area contributed by atoms with Gasteiger partial charge in [0, 0.05) is 4.88 Å². The molecule has 9 nitrogen and oxygen atoms in total. The van der Waals surface area contributed by atoms with Crippen LogP contribution in [0.15, 0.2) is 28.8 Å². The third-order valence-electron chi connectivity index (χ3n) is 5.76. The molecule has 35 heavy (non-hydrogen) atoms. The molecule has 1 N–H and O–H groups in total. The maximum absolute atomic E-state index is 12.4. The Morgan fingerprint density at radius 2 is 1.91 bits per heavy atom. The van der Waals surface area contributed by atoms with Gasteiger partial charge in [0.25, 0.3) is 5.91 Å². The lowest BCUT2D eigenvalue weighted by Gasteiger charge is -2.09. The highest BCUT2D eigenvalue weighted by Gasteiger charge is 2.28. The Kier molecular flexibility index (Phi) is 7.50. The summed E-state index contributed by atoms with van der Waals surface area (Å²) in [5.74, 6) is -0.157. The maximum atomic E-state index is 12.4. The van der Waals surface area contributed by atoms with Crippen molar-refractivity contribution in [1.82, 2.24) is 5.16 Å². The van der Waals surface area contributed by atoms with Gasteiger partial charge in [-0.3, -0.25) is 9.59 Å². The molecule has 1 aliphatic rings. The van der Waals surface area contributed by atoms with Gasteiger partial charge >= 0.3 is 11.9 Å². The maximum Gasteiger partial charge on any atom is 0.341 e. The standard InChI is InChI=1S/C25H26N2O7S/c1-14-19(15(2)34-27-14)12-32-17-9-7-16(8-10-17)11-22(29)33-13-21(28)26-24-23(25(30)31-3)18-5-4-6-20(18)35-24/h7-10H,4-6,11-13H2,1-3H3,(H,26,28). The minimum atomic E-state index is -0.536. The van der Waals surface area contributed by atoms with Gasteiger partial charge in [-0.25, -0.2) is 4.79 Å². The molecule has 184 valence electrons. The van der Waals surface area contributed by atoms with Crippen LogP contribution in [-0.2, 0) is 44.9 Å². The van der Waals surface area contributed by atoms with Gasteiger partial charge in [0.2, 0.25) is 0 Å². The summed E-state index contributed by atoms with van der Waals surface area (Å²) in [6, 6.07) is 7.05. The number of carbonyl (C=O) groups excluding carboxylic acids is 3. The number of methoxy groups -OCH3 is 1. The number of esters is 2. The van der Waals surface area contributed by atoms with Crippen molar-refractivity contribution in [1.29, 1.82) is 0 Å². The number of nitrogens with zero attached hydrogens (tertiary/aromatic N) is 1. The Bertz CT molecular complexity index is 1220. The third-order valence-corrected chi connectivity index (χ3v) is 6.97. The minimum Gasteiger partial charge on any atom is -0.489 e. The number of fused-ring (bicyclic) bond motifs is 1. The first-order chi connectivity index (χ1) is 16.9. The second kappa shape index (κ2) is 10.7. The number of aryl methyl sites for hydroxylation is 3. The summed E-state index contributed by atoms with van der Waals surface area (Å²) < 4.78 is 20.9. The fraction of sp³-hybridized carbons (Fsp3) is 0.360. The number of hydrogen-bond donors (Lipinski definition) is 1. The predicted molar refractivity (Wildman–Crippen MR) is 128 cm³/mol. The Hall–Kier alpha value is -3.66. The zero-order chi connectivity index (χ0) is 24.9. The monoisotopic (exact) mass is 498 g/mol. The van der Waals surface area contributed by atoms with E-state index in [-0.39, 0.29) is 6.42 Å². The quantitative estimate of drug-likeness (QED) is 0.441. The van der Waals surface area contributed by atoms with Crippen molar-refractivity contribution in [3.05, 3.63) is 62.9 Å². The predicted octanol–water partition coefficient (Wildman–Crippen LogP) is 3.93. The molecule has 0 saturated heterocycles. The van der Waals surface area contributed by atoms with Crippen LogP contribution in [0.5, 0.6) is 5.75 Å². The van der Waals surface area contributed by atoms with E-state index < -0.39 is 24.5 Å². The molecular weight excluding hydrogens is 472 g/mol. The molecule has 10 heteroatoms. The number of ether oxygens (including phenoxy) is 3. The molecular formula is C25H26N2O7S. The van der Waals surface area contributed by atoms with E-state index in [1.807, 2.05) is 13.8 Å². The molecule has 4 rings (SSSR count). The molecule has 2 heterocycles. The molecule has 0 spiro atoms. The number of aromatic nitrogens is 1. The lowest BCUT2D eigenvalue weighted by molar-refractivity contribution is -0.146. The average Bonchev–Trinajstić information content (AvgIpc) is 3.52. The molecule has 0 bridgehead atoms. The van der Waals surface area contributed by atoms with Crippen molar-refractivity contribution in [2.45, 2.75) is 46.1 Å². The summed E-state index contributed by atoms with van der Waals surface area (Å²) in [7, 11) is 1.31. The molecule has 2 aromatic heterocycles. The molecule has 3 aromatic rings. The second-order valence-electron chi connectivity index (χ2n) is 8.17. The lowest BCUT2D eigenvalue weighted by atomic mass is 10.1. The number of thiophene rings is 1. The topological polar surface area (TPSA) is 117 Å². The first kappa shape index (κ1) is 24.5. The van der Waals surface area contributed by atoms with Crippen molar-refractivity contribution in [2.24, 2.45) is 0 Å². The summed E-state index contributed by atoms with van der Waals surface area (Å²) in [6.07, 6.45) is 2.65. The zero-order valence-corrected chi connectivity index (χ0v) is 20.6. The van der Waals surface area contributed by atoms with Crippen LogP contribution in [0.2, 0.25) is 0 Å². The van der Waals surface area contributed by atoms with E-state index in [0.717, 1.165) is 52.3 Å². The van der Waals surface area contributed by atoms with Gasteiger partial charge in [-0.1, -0.05) is 17.3 Å². The van der Waals surface area contributed by atoms with Crippen molar-refractivity contribution >= 4 is 34.2 Å². The zero-order valence-electron chi connectivity index (χ0n) is 19.8. The van der Waals surface area contributed by atoms with Gasteiger partial charge in [0.1, 0.15) is 23.1 Å². The van der Waals surface area contributed by atoms with E-state index in [1.54, 1.807) is 24.3 Å². The van der Waals surface area contributed by atoms with Gasteiger partial charge in [0.05, 0.1) is 30.4 Å². The van der Waals surface area contributed by atoms with Gasteiger partial charge < -0.3 is 24.1 Å². The highest BCUT2D eigenvalue weighted by atomic mass is 32.1. The molecule has 0 radical (unpaired) electrons. The number of benzene rings is 1. The highest BCUT2D eigenvalue weighted by Crippen LogP contribution is 2.39. The Labute approximate surface area is 206 Å². The van der Waals surface area contributed by atoms with Crippen LogP contribution >= 0.6 is 11.3 Å². The number of carbonyl (C=O) groups is 3. The molecule has 0 saturated carbocycles. The molecule has 1 amide bonds. The number of amides is 1. The molecule has 0 atom stereocenters. The number of rotatable bonds is 9. The van der Waals surface area contributed by atoms with Crippen LogP contribution < -0.4 is 10.1 Å². The highest BCUT2D eigenvalue weighted by molar-refractivity contribution is 7.17. The molecule has 1 aliphatic carbocycles. The van der Waals surface area contributed by atoms with Gasteiger partial charge in [0.15, 0.2) is 6.61 Å². The molecule has 0 unspecified atom stereocenters. The summed E-state index contributed by atoms with van der Waals surface area (Å²) in [6.45, 7) is 3.58. The molecule has 0 fully saturated rings. The van der Waals surface area contributed by atoms with Crippen LogP contribution in [0.3, 0.4) is 0 Å². The van der Waals surface area contributed by atoms with Crippen molar-refractivity contribution in [3.63, 3.8) is 0 Å². The van der Waals surface area contributed by atoms with Crippen LogP contribution in [0.4, 0.5) is 5.00 Å². The second-order valence-corrected chi connectivity index (χ2v) is 9.28. The van der Waals surface area contributed by atoms with E-state index in [4.69, 9.17) is 18.7 Å². The van der Waals surface area contributed by atoms with Crippen molar-refractivity contribution in [3.8, 4) is 5.75 Å². The summed E-state index contributed by atoms with van der Waals surface area (Å²) in [5.41, 5.74) is 3.76. The Morgan fingerprint density at radius 1 is 1.14 bits per heavy atom. The fourth-order valence-corrected chi connectivity index (χ4v) is 5.20. The van der Waals surface area contributed by atoms with Gasteiger partial charge in [-0.2, -0.15) is 0 Å². The van der Waals surface area contributed by atoms with Crippen molar-refractivity contribution < 1.29 is 33.1 Å². The van der Waals surface area contributed by atoms with E-state index in [9.17, 15) is 14.4 Å². The normalized spacial score (nSPS) is 12.2. The average molecular weight is 499 g/mol. The summed E-state index contributed by atoms with van der Waals surface area (Å²) in [4.78, 5) is 37.9. The number of nitrogens with one attached hydrogen (secondary N) is 1. The van der Waals surface area contributed by atoms with E-state index in [0.29, 0.717) is 22.9 Å². The van der Waals surface area contributed by atoms with Crippen LogP contribution in [0, 0.1) is 13.8 Å². The number of anilines is 1. The van der Waals surface area contributed by atoms with Crippen molar-refractivity contribution in [2.75, 3.05) is 19.0 Å².